The van der Waals surface area contributed by atoms with Crippen molar-refractivity contribution in [2.75, 3.05) is 6.54 Å². The average Bonchev–Trinajstić information content (AvgIpc) is 2.86. The van der Waals surface area contributed by atoms with Crippen molar-refractivity contribution in [3.63, 3.8) is 0 Å². The monoisotopic (exact) mass is 701 g/mol. The van der Waals surface area contributed by atoms with Crippen molar-refractivity contribution < 1.29 is 28.6 Å². The molecule has 0 amide bonds. The fraction of sp³-hybridized carbons (Fsp3) is 0.424. The number of allylic oxidation sites excluding steroid dienone is 4. The molecular formula is C33H34Br2FNO5. The zero-order chi connectivity index (χ0) is 30.6. The summed E-state index contributed by atoms with van der Waals surface area (Å²) in [6.07, 6.45) is 1.77. The van der Waals surface area contributed by atoms with Gasteiger partial charge in [0.25, 0.3) is 0 Å². The molecule has 2 aliphatic carbocycles. The molecule has 2 aromatic rings. The SMILES string of the molecule is CC1(C)CC(=O)C2=C(C1)N(CCC(=O)O)C1=C(C(=O)CC(C)(C)C1)C2c1cc(Br)c(OCc2ccccc2F)c(Br)c1. The number of rotatable bonds is 7. The smallest absolute Gasteiger partial charge is 0.305 e. The molecular weight excluding hydrogens is 669 g/mol. The van der Waals surface area contributed by atoms with Crippen molar-refractivity contribution in [1.29, 1.82) is 0 Å². The molecule has 2 aromatic carbocycles. The number of benzene rings is 2. The molecule has 0 radical (unpaired) electrons. The predicted octanol–water partition coefficient (Wildman–Crippen LogP) is 8.09. The van der Waals surface area contributed by atoms with Crippen LogP contribution in [0.3, 0.4) is 0 Å². The lowest BCUT2D eigenvalue weighted by Crippen LogP contribution is -2.45. The van der Waals surface area contributed by atoms with Crippen LogP contribution in [-0.4, -0.2) is 34.1 Å². The van der Waals surface area contributed by atoms with E-state index in [1.807, 2.05) is 44.7 Å². The van der Waals surface area contributed by atoms with Crippen LogP contribution in [0.25, 0.3) is 0 Å². The fourth-order valence-electron chi connectivity index (χ4n) is 6.51. The molecule has 1 heterocycles. The Bertz CT molecular complexity index is 1480. The average molecular weight is 703 g/mol. The minimum Gasteiger partial charge on any atom is -0.486 e. The van der Waals surface area contributed by atoms with E-state index in [1.165, 1.54) is 6.07 Å². The van der Waals surface area contributed by atoms with Crippen molar-refractivity contribution in [2.45, 2.75) is 72.3 Å². The Hall–Kier alpha value is -2.78. The lowest BCUT2D eigenvalue weighted by Gasteiger charge is -2.49. The number of carboxylic acids is 1. The highest BCUT2D eigenvalue weighted by molar-refractivity contribution is 9.11. The molecule has 222 valence electrons. The van der Waals surface area contributed by atoms with Crippen LogP contribution in [0.15, 0.2) is 67.9 Å². The van der Waals surface area contributed by atoms with Crippen molar-refractivity contribution >= 4 is 49.4 Å². The second-order valence-corrected chi connectivity index (χ2v) is 14.7. The van der Waals surface area contributed by atoms with Gasteiger partial charge in [0.15, 0.2) is 11.6 Å². The molecule has 0 saturated carbocycles. The maximum absolute atomic E-state index is 14.2. The summed E-state index contributed by atoms with van der Waals surface area (Å²) in [5, 5.41) is 9.56. The number of aliphatic carboxylic acids is 1. The van der Waals surface area contributed by atoms with E-state index in [9.17, 15) is 23.9 Å². The largest absolute Gasteiger partial charge is 0.486 e. The molecule has 0 atom stereocenters. The Kier molecular flexibility index (Phi) is 8.31. The number of carbonyl (C=O) groups excluding carboxylic acids is 2. The minimum atomic E-state index is -0.928. The number of carbonyl (C=O) groups is 3. The number of hydrogen-bond acceptors (Lipinski definition) is 5. The molecule has 0 bridgehead atoms. The zero-order valence-corrected chi connectivity index (χ0v) is 27.3. The summed E-state index contributed by atoms with van der Waals surface area (Å²) in [6, 6.07) is 10.2. The Morgan fingerprint density at radius 1 is 0.952 bits per heavy atom. The third-order valence-electron chi connectivity index (χ3n) is 8.25. The third-order valence-corrected chi connectivity index (χ3v) is 9.43. The summed E-state index contributed by atoms with van der Waals surface area (Å²) in [4.78, 5) is 41.5. The summed E-state index contributed by atoms with van der Waals surface area (Å²) in [7, 11) is 0. The first-order valence-electron chi connectivity index (χ1n) is 14.0. The summed E-state index contributed by atoms with van der Waals surface area (Å²) < 4.78 is 21.4. The first-order chi connectivity index (χ1) is 19.7. The number of Topliss-reactive ketones (excluding diaryl/α,β-unsaturated/α-hetero) is 2. The van der Waals surface area contributed by atoms with E-state index in [2.05, 4.69) is 31.9 Å². The van der Waals surface area contributed by atoms with Crippen LogP contribution < -0.4 is 4.74 Å². The first kappa shape index (κ1) is 30.7. The van der Waals surface area contributed by atoms with Crippen LogP contribution in [-0.2, 0) is 21.0 Å². The van der Waals surface area contributed by atoms with Crippen molar-refractivity contribution in [2.24, 2.45) is 10.8 Å². The van der Waals surface area contributed by atoms with Crippen molar-refractivity contribution in [3.8, 4) is 5.75 Å². The highest BCUT2D eigenvalue weighted by atomic mass is 79.9. The Balaban J connectivity index is 1.64. The van der Waals surface area contributed by atoms with Crippen molar-refractivity contribution in [3.05, 3.63) is 84.8 Å². The molecule has 1 aliphatic heterocycles. The van der Waals surface area contributed by atoms with Crippen LogP contribution in [0.4, 0.5) is 4.39 Å². The zero-order valence-electron chi connectivity index (χ0n) is 24.2. The summed E-state index contributed by atoms with van der Waals surface area (Å²) in [6.45, 7) is 8.42. The maximum Gasteiger partial charge on any atom is 0.305 e. The topological polar surface area (TPSA) is 83.9 Å². The van der Waals surface area contributed by atoms with Gasteiger partial charge in [0.05, 0.1) is 15.4 Å². The molecule has 9 heteroatoms. The second-order valence-electron chi connectivity index (χ2n) is 13.0. The molecule has 0 fully saturated rings. The van der Waals surface area contributed by atoms with E-state index in [1.54, 1.807) is 18.2 Å². The highest BCUT2D eigenvalue weighted by Gasteiger charge is 2.49. The molecule has 0 saturated heterocycles. The normalized spacial score (nSPS) is 20.0. The number of ether oxygens (including phenoxy) is 1. The molecule has 3 aliphatic rings. The Labute approximate surface area is 262 Å². The van der Waals surface area contributed by atoms with Gasteiger partial charge in [-0.3, -0.25) is 14.4 Å². The number of nitrogens with zero attached hydrogens (tertiary/aromatic N) is 1. The number of carboxylic acid groups (broad SMARTS) is 1. The third kappa shape index (κ3) is 6.00. The van der Waals surface area contributed by atoms with E-state index in [0.29, 0.717) is 57.1 Å². The number of halogens is 3. The van der Waals surface area contributed by atoms with Crippen LogP contribution >= 0.6 is 31.9 Å². The van der Waals surface area contributed by atoms with Gasteiger partial charge in [0.1, 0.15) is 18.2 Å². The Morgan fingerprint density at radius 3 is 1.98 bits per heavy atom. The minimum absolute atomic E-state index is 0.0247. The van der Waals surface area contributed by atoms with E-state index in [0.717, 1.165) is 17.0 Å². The highest BCUT2D eigenvalue weighted by Crippen LogP contribution is 2.55. The molecule has 0 unspecified atom stereocenters. The van der Waals surface area contributed by atoms with Gasteiger partial charge in [0.2, 0.25) is 0 Å². The van der Waals surface area contributed by atoms with Gasteiger partial charge in [-0.1, -0.05) is 45.9 Å². The van der Waals surface area contributed by atoms with Gasteiger partial charge in [-0.05, 0) is 79.3 Å². The van der Waals surface area contributed by atoms with Gasteiger partial charge in [-0.2, -0.15) is 0 Å². The quantitative estimate of drug-likeness (QED) is 0.314. The van der Waals surface area contributed by atoms with Gasteiger partial charge >= 0.3 is 5.97 Å². The lowest BCUT2D eigenvalue weighted by molar-refractivity contribution is -0.137. The first-order valence-corrected chi connectivity index (χ1v) is 15.6. The summed E-state index contributed by atoms with van der Waals surface area (Å²) in [5.41, 5.74) is 3.35. The van der Waals surface area contributed by atoms with Gasteiger partial charge < -0.3 is 14.7 Å². The molecule has 42 heavy (non-hydrogen) atoms. The van der Waals surface area contributed by atoms with Crippen LogP contribution in [0.1, 0.15) is 76.8 Å². The van der Waals surface area contributed by atoms with Gasteiger partial charge in [0, 0.05) is 53.4 Å². The summed E-state index contributed by atoms with van der Waals surface area (Å²) in [5.74, 6) is -1.44. The van der Waals surface area contributed by atoms with Crippen molar-refractivity contribution in [1.82, 2.24) is 4.90 Å². The molecule has 6 nitrogen and oxygen atoms in total. The number of ketones is 2. The second kappa shape index (κ2) is 11.4. The van der Waals surface area contributed by atoms with Crippen LogP contribution in [0.2, 0.25) is 0 Å². The molecule has 0 aromatic heterocycles. The Morgan fingerprint density at radius 2 is 1.48 bits per heavy atom. The van der Waals surface area contributed by atoms with E-state index in [4.69, 9.17) is 4.74 Å². The van der Waals surface area contributed by atoms with E-state index in [-0.39, 0.29) is 47.8 Å². The predicted molar refractivity (Wildman–Crippen MR) is 164 cm³/mol. The van der Waals surface area contributed by atoms with E-state index >= 15 is 0 Å². The maximum atomic E-state index is 14.2. The molecule has 1 N–H and O–H groups in total. The molecule has 5 rings (SSSR count). The van der Waals surface area contributed by atoms with Crippen LogP contribution in [0, 0.1) is 16.6 Å². The number of hydrogen-bond donors (Lipinski definition) is 1. The lowest BCUT2D eigenvalue weighted by atomic mass is 9.63. The standard InChI is InChI=1S/C33H34Br2FNO5/c1-32(2)13-23-29(25(38)15-32)28(30-24(37(23)10-9-27(40)41)14-33(3,4)16-26(30)39)19-11-20(34)31(21(35)12-19)42-17-18-7-5-6-8-22(18)36/h5-8,11-12,28H,9-10,13-17H2,1-4H3,(H,40,41). The fourth-order valence-corrected chi connectivity index (χ4v) is 7.96. The van der Waals surface area contributed by atoms with Gasteiger partial charge in [-0.25, -0.2) is 4.39 Å². The van der Waals surface area contributed by atoms with Crippen LogP contribution in [0.5, 0.6) is 5.75 Å². The van der Waals surface area contributed by atoms with Gasteiger partial charge in [-0.15, -0.1) is 0 Å². The van der Waals surface area contributed by atoms with E-state index < -0.39 is 11.9 Å². The molecule has 0 spiro atoms. The summed E-state index contributed by atoms with van der Waals surface area (Å²) >= 11 is 7.25.